The third-order valence-corrected chi connectivity index (χ3v) is 5.43. The zero-order valence-electron chi connectivity index (χ0n) is 13.8. The van der Waals surface area contributed by atoms with Crippen LogP contribution < -0.4 is 0 Å². The van der Waals surface area contributed by atoms with Crippen molar-refractivity contribution in [1.82, 2.24) is 19.2 Å². The summed E-state index contributed by atoms with van der Waals surface area (Å²) in [5.41, 5.74) is 1.97. The van der Waals surface area contributed by atoms with Gasteiger partial charge in [0.1, 0.15) is 5.65 Å². The average Bonchev–Trinajstić information content (AvgIpc) is 2.73. The van der Waals surface area contributed by atoms with Crippen molar-refractivity contribution in [1.29, 1.82) is 0 Å². The predicted octanol–water partition coefficient (Wildman–Crippen LogP) is 2.82. The van der Waals surface area contributed by atoms with Gasteiger partial charge >= 0.3 is 0 Å². The second-order valence-corrected chi connectivity index (χ2v) is 7.36. The van der Waals surface area contributed by atoms with Crippen LogP contribution in [0.3, 0.4) is 0 Å². The van der Waals surface area contributed by atoms with E-state index < -0.39 is 0 Å². The van der Waals surface area contributed by atoms with Crippen molar-refractivity contribution in [2.24, 2.45) is 5.92 Å². The minimum atomic E-state index is 0.305. The fourth-order valence-electron chi connectivity index (χ4n) is 3.59. The Bertz CT molecular complexity index is 740. The summed E-state index contributed by atoms with van der Waals surface area (Å²) in [4.78, 5) is 21.6. The minimum absolute atomic E-state index is 0.305. The molecule has 0 atom stereocenters. The Morgan fingerprint density at radius 2 is 2.00 bits per heavy atom. The molecule has 5 nitrogen and oxygen atoms in total. The Kier molecular flexibility index (Phi) is 4.46. The fraction of sp³-hybridized carbons (Fsp3) is 0.556. The van der Waals surface area contributed by atoms with Gasteiger partial charge in [0.15, 0.2) is 0 Å². The molecule has 1 saturated heterocycles. The number of hydrogen-bond donors (Lipinski definition) is 0. The van der Waals surface area contributed by atoms with E-state index in [2.05, 4.69) is 14.8 Å². The lowest BCUT2D eigenvalue weighted by Crippen LogP contribution is -2.41. The summed E-state index contributed by atoms with van der Waals surface area (Å²) in [7, 11) is 0. The summed E-state index contributed by atoms with van der Waals surface area (Å²) in [5.74, 6) is 0.685. The number of fused-ring (bicyclic) bond motifs is 1. The molecule has 0 aromatic carbocycles. The Balaban J connectivity index is 1.38. The molecule has 2 aromatic heterocycles. The lowest BCUT2D eigenvalue weighted by atomic mass is 9.84. The van der Waals surface area contributed by atoms with E-state index in [4.69, 9.17) is 11.6 Å². The molecule has 1 saturated carbocycles. The molecule has 1 amide bonds. The van der Waals surface area contributed by atoms with Crippen LogP contribution >= 0.6 is 11.6 Å². The number of pyridine rings is 1. The molecule has 0 N–H and O–H groups in total. The number of carbonyl (C=O) groups is 1. The molecule has 0 bridgehead atoms. The summed E-state index contributed by atoms with van der Waals surface area (Å²) in [6.07, 6.45) is 8.36. The Morgan fingerprint density at radius 1 is 1.12 bits per heavy atom. The monoisotopic (exact) mass is 346 g/mol. The van der Waals surface area contributed by atoms with E-state index in [1.165, 1.54) is 6.42 Å². The number of carbonyl (C=O) groups excluding carboxylic acids is 1. The summed E-state index contributed by atoms with van der Waals surface area (Å²) >= 11 is 6.03. The lowest BCUT2D eigenvalue weighted by Gasteiger charge is -2.31. The van der Waals surface area contributed by atoms with E-state index in [1.807, 2.05) is 28.9 Å². The topological polar surface area (TPSA) is 40.9 Å². The minimum Gasteiger partial charge on any atom is -0.341 e. The molecule has 0 spiro atoms. The molecule has 1 aliphatic carbocycles. The van der Waals surface area contributed by atoms with Gasteiger partial charge in [0.05, 0.1) is 10.7 Å². The van der Waals surface area contributed by atoms with Crippen molar-refractivity contribution in [2.45, 2.75) is 32.2 Å². The second-order valence-electron chi connectivity index (χ2n) is 6.93. The first-order valence-electron chi connectivity index (χ1n) is 8.83. The average molecular weight is 347 g/mol. The molecule has 2 aliphatic rings. The first kappa shape index (κ1) is 15.9. The first-order chi connectivity index (χ1) is 11.7. The molecule has 2 fully saturated rings. The van der Waals surface area contributed by atoms with Crippen LogP contribution in [0.15, 0.2) is 24.5 Å². The van der Waals surface area contributed by atoms with E-state index in [0.29, 0.717) is 16.8 Å². The fourth-order valence-corrected chi connectivity index (χ4v) is 3.75. The molecule has 6 heteroatoms. The number of aromatic nitrogens is 2. The predicted molar refractivity (Wildman–Crippen MR) is 94.0 cm³/mol. The molecule has 0 unspecified atom stereocenters. The van der Waals surface area contributed by atoms with Crippen molar-refractivity contribution in [3.63, 3.8) is 0 Å². The van der Waals surface area contributed by atoms with Gasteiger partial charge in [-0.3, -0.25) is 9.69 Å². The highest BCUT2D eigenvalue weighted by molar-refractivity contribution is 6.30. The van der Waals surface area contributed by atoms with Crippen molar-refractivity contribution < 1.29 is 4.79 Å². The number of hydrogen-bond acceptors (Lipinski definition) is 3. The van der Waals surface area contributed by atoms with Gasteiger partial charge in [0.25, 0.3) is 0 Å². The highest BCUT2D eigenvalue weighted by Crippen LogP contribution is 2.28. The number of nitrogens with zero attached hydrogens (tertiary/aromatic N) is 4. The highest BCUT2D eigenvalue weighted by Gasteiger charge is 2.30. The van der Waals surface area contributed by atoms with E-state index >= 15 is 0 Å². The molecular weight excluding hydrogens is 324 g/mol. The largest absolute Gasteiger partial charge is 0.341 e. The summed E-state index contributed by atoms with van der Waals surface area (Å²) in [5, 5.41) is 0.714. The van der Waals surface area contributed by atoms with E-state index in [1.54, 1.807) is 0 Å². The smallest absolute Gasteiger partial charge is 0.225 e. The number of imidazole rings is 1. The van der Waals surface area contributed by atoms with Crippen molar-refractivity contribution in [3.05, 3.63) is 35.2 Å². The normalized spacial score (nSPS) is 20.1. The van der Waals surface area contributed by atoms with Gasteiger partial charge in [-0.2, -0.15) is 0 Å². The molecule has 24 heavy (non-hydrogen) atoms. The summed E-state index contributed by atoms with van der Waals surface area (Å²) in [6.45, 7) is 4.50. The molecule has 4 rings (SSSR count). The van der Waals surface area contributed by atoms with Gasteiger partial charge in [0.2, 0.25) is 5.91 Å². The zero-order valence-corrected chi connectivity index (χ0v) is 14.6. The van der Waals surface area contributed by atoms with Gasteiger partial charge in [-0.1, -0.05) is 18.0 Å². The van der Waals surface area contributed by atoms with Crippen LogP contribution in [0.2, 0.25) is 5.02 Å². The van der Waals surface area contributed by atoms with Crippen LogP contribution in [-0.2, 0) is 11.3 Å². The van der Waals surface area contributed by atoms with Crippen LogP contribution in [0.1, 0.15) is 31.4 Å². The highest BCUT2D eigenvalue weighted by atomic mass is 35.5. The molecular formula is C18H23ClN4O. The van der Waals surface area contributed by atoms with E-state index in [-0.39, 0.29) is 0 Å². The first-order valence-corrected chi connectivity index (χ1v) is 9.21. The van der Waals surface area contributed by atoms with Gasteiger partial charge in [0, 0.05) is 51.0 Å². The molecule has 3 heterocycles. The quantitative estimate of drug-likeness (QED) is 0.858. The number of halogens is 1. The SMILES string of the molecule is O=C(C1CCC1)N1CCCN(Cc2cn3cc(Cl)ccc3n2)CC1. The summed E-state index contributed by atoms with van der Waals surface area (Å²) < 4.78 is 1.97. The van der Waals surface area contributed by atoms with Gasteiger partial charge < -0.3 is 9.30 Å². The Hall–Kier alpha value is -1.59. The Labute approximate surface area is 147 Å². The molecule has 128 valence electrons. The zero-order chi connectivity index (χ0) is 16.5. The third kappa shape index (κ3) is 3.28. The van der Waals surface area contributed by atoms with Crippen LogP contribution in [0.4, 0.5) is 0 Å². The van der Waals surface area contributed by atoms with Crippen LogP contribution in [0.25, 0.3) is 5.65 Å². The second kappa shape index (κ2) is 6.73. The van der Waals surface area contributed by atoms with Crippen LogP contribution in [0, 0.1) is 5.92 Å². The maximum Gasteiger partial charge on any atom is 0.225 e. The van der Waals surface area contributed by atoms with E-state index in [0.717, 1.165) is 63.3 Å². The standard InChI is InChI=1S/C18H23ClN4O/c19-15-5-6-17-20-16(13-23(17)11-15)12-21-7-2-8-22(10-9-21)18(24)14-3-1-4-14/h5-6,11,13-14H,1-4,7-10,12H2. The van der Waals surface area contributed by atoms with Gasteiger partial charge in [-0.15, -0.1) is 0 Å². The third-order valence-electron chi connectivity index (χ3n) is 5.21. The van der Waals surface area contributed by atoms with Crippen molar-refractivity contribution in [3.8, 4) is 0 Å². The molecule has 1 aliphatic heterocycles. The summed E-state index contributed by atoms with van der Waals surface area (Å²) in [6, 6.07) is 3.80. The molecule has 2 aromatic rings. The Morgan fingerprint density at radius 3 is 2.79 bits per heavy atom. The van der Waals surface area contributed by atoms with Crippen LogP contribution in [-0.4, -0.2) is 51.3 Å². The number of amides is 1. The lowest BCUT2D eigenvalue weighted by molar-refractivity contribution is -0.138. The maximum absolute atomic E-state index is 12.4. The van der Waals surface area contributed by atoms with E-state index in [9.17, 15) is 4.79 Å². The van der Waals surface area contributed by atoms with Gasteiger partial charge in [-0.05, 0) is 31.4 Å². The number of rotatable bonds is 3. The van der Waals surface area contributed by atoms with Gasteiger partial charge in [-0.25, -0.2) is 4.98 Å². The molecule has 0 radical (unpaired) electrons. The maximum atomic E-state index is 12.4. The van der Waals surface area contributed by atoms with Crippen LogP contribution in [0.5, 0.6) is 0 Å². The van der Waals surface area contributed by atoms with Crippen molar-refractivity contribution >= 4 is 23.2 Å². The van der Waals surface area contributed by atoms with Crippen molar-refractivity contribution in [2.75, 3.05) is 26.2 Å².